The van der Waals surface area contributed by atoms with E-state index < -0.39 is 29.2 Å². The molecular formula is C25H23ClF2N4O4. The van der Waals surface area contributed by atoms with Gasteiger partial charge in [-0.25, -0.2) is 18.6 Å². The summed E-state index contributed by atoms with van der Waals surface area (Å²) < 4.78 is 33.7. The van der Waals surface area contributed by atoms with Gasteiger partial charge >= 0.3 is 6.09 Å². The SMILES string of the molecule is CCCOC(=O)N1CCN(C(=O)c2ccc3c(Cl)cc(-c4cc(F)c(C(N)=O)c(F)c4)nc3c2)CC1. The Hall–Kier alpha value is -3.79. The number of ether oxygens (including phenoxy) is 1. The van der Waals surface area contributed by atoms with Crippen LogP contribution in [0.15, 0.2) is 36.4 Å². The Balaban J connectivity index is 1.58. The fourth-order valence-corrected chi connectivity index (χ4v) is 4.24. The van der Waals surface area contributed by atoms with Gasteiger partial charge in [0.2, 0.25) is 0 Å². The molecule has 188 valence electrons. The number of carbonyl (C=O) groups excluding carboxylic acids is 3. The van der Waals surface area contributed by atoms with Crippen LogP contribution in [0.3, 0.4) is 0 Å². The van der Waals surface area contributed by atoms with Crippen molar-refractivity contribution in [2.45, 2.75) is 13.3 Å². The summed E-state index contributed by atoms with van der Waals surface area (Å²) >= 11 is 6.39. The molecule has 0 bridgehead atoms. The quantitative estimate of drug-likeness (QED) is 0.546. The molecule has 0 atom stereocenters. The number of hydrogen-bond donors (Lipinski definition) is 1. The maximum Gasteiger partial charge on any atom is 0.409 e. The van der Waals surface area contributed by atoms with Gasteiger partial charge in [0.1, 0.15) is 17.2 Å². The molecule has 2 heterocycles. The Morgan fingerprint density at radius 2 is 1.67 bits per heavy atom. The van der Waals surface area contributed by atoms with Crippen LogP contribution in [0.5, 0.6) is 0 Å². The summed E-state index contributed by atoms with van der Waals surface area (Å²) in [6.07, 6.45) is 0.340. The maximum absolute atomic E-state index is 14.3. The van der Waals surface area contributed by atoms with E-state index in [0.29, 0.717) is 49.3 Å². The Morgan fingerprint density at radius 1 is 1.03 bits per heavy atom. The van der Waals surface area contributed by atoms with Crippen LogP contribution >= 0.6 is 11.6 Å². The summed E-state index contributed by atoms with van der Waals surface area (Å²) in [7, 11) is 0. The van der Waals surface area contributed by atoms with Crippen LogP contribution in [0.2, 0.25) is 5.02 Å². The number of rotatable bonds is 5. The van der Waals surface area contributed by atoms with Crippen molar-refractivity contribution in [1.82, 2.24) is 14.8 Å². The molecule has 0 radical (unpaired) electrons. The standard InChI is InChI=1S/C25H23ClF2N4O4/c1-2-9-36-25(35)32-7-5-31(6-8-32)24(34)14-3-4-16-17(26)13-20(30-21(16)12-14)15-10-18(27)22(23(29)33)19(28)11-15/h3-4,10-13H,2,5-9H2,1H3,(H2,29,33). The van der Waals surface area contributed by atoms with Crippen LogP contribution < -0.4 is 5.73 Å². The molecule has 1 aliphatic rings. The molecule has 1 aromatic heterocycles. The molecule has 0 saturated carbocycles. The second kappa shape index (κ2) is 10.4. The highest BCUT2D eigenvalue weighted by molar-refractivity contribution is 6.35. The van der Waals surface area contributed by atoms with Gasteiger partial charge in [-0.15, -0.1) is 0 Å². The summed E-state index contributed by atoms with van der Waals surface area (Å²) in [5.74, 6) is -3.69. The largest absolute Gasteiger partial charge is 0.449 e. The first-order chi connectivity index (χ1) is 17.2. The van der Waals surface area contributed by atoms with Crippen LogP contribution in [-0.2, 0) is 4.74 Å². The van der Waals surface area contributed by atoms with Gasteiger partial charge in [0.05, 0.1) is 22.8 Å². The number of primary amides is 1. The van der Waals surface area contributed by atoms with Crippen LogP contribution in [-0.4, -0.2) is 65.5 Å². The first-order valence-corrected chi connectivity index (χ1v) is 11.7. The van der Waals surface area contributed by atoms with Crippen molar-refractivity contribution >= 4 is 40.4 Å². The lowest BCUT2D eigenvalue weighted by Crippen LogP contribution is -2.50. The topological polar surface area (TPSA) is 106 Å². The van der Waals surface area contributed by atoms with Crippen molar-refractivity contribution in [2.24, 2.45) is 5.73 Å². The van der Waals surface area contributed by atoms with E-state index in [-0.39, 0.29) is 22.2 Å². The molecular weight excluding hydrogens is 494 g/mol. The van der Waals surface area contributed by atoms with Crippen LogP contribution in [0, 0.1) is 11.6 Å². The van der Waals surface area contributed by atoms with Gasteiger partial charge in [-0.2, -0.15) is 0 Å². The summed E-state index contributed by atoms with van der Waals surface area (Å²) in [5, 5.41) is 0.822. The molecule has 0 spiro atoms. The first-order valence-electron chi connectivity index (χ1n) is 11.3. The number of piperazine rings is 1. The highest BCUT2D eigenvalue weighted by Crippen LogP contribution is 2.30. The van der Waals surface area contributed by atoms with E-state index >= 15 is 0 Å². The number of nitrogens with two attached hydrogens (primary N) is 1. The van der Waals surface area contributed by atoms with Gasteiger partial charge in [-0.05, 0) is 36.8 Å². The molecule has 36 heavy (non-hydrogen) atoms. The summed E-state index contributed by atoms with van der Waals surface area (Å²) in [6, 6.07) is 8.18. The zero-order chi connectivity index (χ0) is 26.0. The minimum absolute atomic E-state index is 0.0570. The third-order valence-corrected chi connectivity index (χ3v) is 6.16. The average molecular weight is 517 g/mol. The monoisotopic (exact) mass is 516 g/mol. The smallest absolute Gasteiger partial charge is 0.409 e. The Morgan fingerprint density at radius 3 is 2.28 bits per heavy atom. The number of pyridine rings is 1. The zero-order valence-corrected chi connectivity index (χ0v) is 20.1. The molecule has 0 unspecified atom stereocenters. The van der Waals surface area contributed by atoms with Crippen molar-refractivity contribution < 1.29 is 27.9 Å². The van der Waals surface area contributed by atoms with E-state index in [0.717, 1.165) is 18.6 Å². The minimum atomic E-state index is -1.22. The second-order valence-electron chi connectivity index (χ2n) is 8.29. The van der Waals surface area contributed by atoms with E-state index in [4.69, 9.17) is 22.1 Å². The Labute approximate surface area is 210 Å². The molecule has 3 amide bonds. The number of benzene rings is 2. The number of halogens is 3. The number of hydrogen-bond acceptors (Lipinski definition) is 5. The molecule has 4 rings (SSSR count). The van der Waals surface area contributed by atoms with Gasteiger partial charge in [0.15, 0.2) is 0 Å². The van der Waals surface area contributed by atoms with Gasteiger partial charge < -0.3 is 20.3 Å². The lowest BCUT2D eigenvalue weighted by atomic mass is 10.0. The van der Waals surface area contributed by atoms with Gasteiger partial charge in [-0.3, -0.25) is 9.59 Å². The van der Waals surface area contributed by atoms with Crippen LogP contribution in [0.4, 0.5) is 13.6 Å². The van der Waals surface area contributed by atoms with E-state index in [2.05, 4.69) is 4.98 Å². The molecule has 8 nitrogen and oxygen atoms in total. The van der Waals surface area contributed by atoms with Gasteiger partial charge in [0, 0.05) is 42.7 Å². The maximum atomic E-state index is 14.3. The predicted octanol–water partition coefficient (Wildman–Crippen LogP) is 4.24. The Bertz CT molecular complexity index is 1340. The third kappa shape index (κ3) is 5.08. The zero-order valence-electron chi connectivity index (χ0n) is 19.4. The van der Waals surface area contributed by atoms with Crippen molar-refractivity contribution in [3.63, 3.8) is 0 Å². The minimum Gasteiger partial charge on any atom is -0.449 e. The Kier molecular flexibility index (Phi) is 7.35. The van der Waals surface area contributed by atoms with Crippen molar-refractivity contribution in [3.05, 3.63) is 64.2 Å². The molecule has 1 saturated heterocycles. The van der Waals surface area contributed by atoms with E-state index in [9.17, 15) is 23.2 Å². The number of amides is 3. The first kappa shape index (κ1) is 25.3. The molecule has 1 aliphatic heterocycles. The lowest BCUT2D eigenvalue weighted by Gasteiger charge is -2.34. The summed E-state index contributed by atoms with van der Waals surface area (Å²) in [4.78, 5) is 44.1. The third-order valence-electron chi connectivity index (χ3n) is 5.85. The highest BCUT2D eigenvalue weighted by Gasteiger charge is 2.26. The average Bonchev–Trinajstić information content (AvgIpc) is 2.85. The summed E-state index contributed by atoms with van der Waals surface area (Å²) in [6.45, 7) is 3.66. The lowest BCUT2D eigenvalue weighted by molar-refractivity contribution is 0.0560. The van der Waals surface area contributed by atoms with Crippen molar-refractivity contribution in [2.75, 3.05) is 32.8 Å². The second-order valence-corrected chi connectivity index (χ2v) is 8.70. The molecule has 2 N–H and O–H groups in total. The van der Waals surface area contributed by atoms with E-state index in [1.165, 1.54) is 6.07 Å². The fraction of sp³-hybridized carbons (Fsp3) is 0.280. The molecule has 1 fully saturated rings. The van der Waals surface area contributed by atoms with Crippen LogP contribution in [0.1, 0.15) is 34.1 Å². The van der Waals surface area contributed by atoms with E-state index in [1.54, 1.807) is 28.0 Å². The van der Waals surface area contributed by atoms with Crippen LogP contribution in [0.25, 0.3) is 22.2 Å². The highest BCUT2D eigenvalue weighted by atomic mass is 35.5. The normalized spacial score (nSPS) is 13.7. The number of carbonyl (C=O) groups is 3. The summed E-state index contributed by atoms with van der Waals surface area (Å²) in [5.41, 5.74) is 5.12. The van der Waals surface area contributed by atoms with E-state index in [1.807, 2.05) is 6.92 Å². The number of nitrogens with zero attached hydrogens (tertiary/aromatic N) is 3. The molecule has 11 heteroatoms. The molecule has 2 aromatic carbocycles. The molecule has 3 aromatic rings. The predicted molar refractivity (Wildman–Crippen MR) is 130 cm³/mol. The van der Waals surface area contributed by atoms with Crippen molar-refractivity contribution in [1.29, 1.82) is 0 Å². The fourth-order valence-electron chi connectivity index (χ4n) is 3.98. The van der Waals surface area contributed by atoms with Crippen molar-refractivity contribution in [3.8, 4) is 11.3 Å². The number of fused-ring (bicyclic) bond motifs is 1. The molecule has 0 aliphatic carbocycles. The number of aromatic nitrogens is 1. The van der Waals surface area contributed by atoms with Gasteiger partial charge in [0.25, 0.3) is 11.8 Å². The van der Waals surface area contributed by atoms with Gasteiger partial charge in [-0.1, -0.05) is 24.6 Å².